The molecule has 6 heteroatoms. The number of aryl methyl sites for hydroxylation is 2. The number of β-amino-alcohol motifs (C(OH)–C–C–N with tert-alkyl or cyclic N) is 1. The molecule has 1 aromatic heterocycles. The Morgan fingerprint density at radius 2 is 1.78 bits per heavy atom. The van der Waals surface area contributed by atoms with E-state index in [-0.39, 0.29) is 0 Å². The average Bonchev–Trinajstić information content (AvgIpc) is 2.66. The normalized spacial score (nSPS) is 16.4. The summed E-state index contributed by atoms with van der Waals surface area (Å²) in [6, 6.07) is 7.98. The van der Waals surface area contributed by atoms with Gasteiger partial charge in [-0.3, -0.25) is 4.90 Å². The molecule has 5 nitrogen and oxygen atoms in total. The molecule has 27 heavy (non-hydrogen) atoms. The number of aromatic nitrogens is 1. The maximum atomic E-state index is 10.4. The van der Waals surface area contributed by atoms with E-state index in [0.717, 1.165) is 48.9 Å². The molecule has 0 bridgehead atoms. The van der Waals surface area contributed by atoms with E-state index in [9.17, 15) is 5.11 Å². The number of nitrogens with zero attached hydrogens (tertiary/aromatic N) is 3. The molecule has 2 heterocycles. The number of benzene rings is 1. The fourth-order valence-corrected chi connectivity index (χ4v) is 3.50. The van der Waals surface area contributed by atoms with Crippen LogP contribution in [-0.2, 0) is 0 Å². The minimum atomic E-state index is -0.510. The van der Waals surface area contributed by atoms with Gasteiger partial charge in [-0.25, -0.2) is 4.98 Å². The van der Waals surface area contributed by atoms with E-state index < -0.39 is 6.10 Å². The van der Waals surface area contributed by atoms with Gasteiger partial charge >= 0.3 is 0 Å². The van der Waals surface area contributed by atoms with Gasteiger partial charge in [0.25, 0.3) is 0 Å². The lowest BCUT2D eigenvalue weighted by Gasteiger charge is -2.36. The highest BCUT2D eigenvalue weighted by atomic mass is 35.5. The molecule has 1 saturated heterocycles. The summed E-state index contributed by atoms with van der Waals surface area (Å²) >= 11 is 5.90. The highest BCUT2D eigenvalue weighted by Gasteiger charge is 2.20. The number of ether oxygens (including phenoxy) is 1. The molecule has 2 aromatic rings. The molecule has 146 valence electrons. The molecule has 0 saturated carbocycles. The van der Waals surface area contributed by atoms with Crippen LogP contribution in [0.4, 0.5) is 5.82 Å². The van der Waals surface area contributed by atoms with Crippen molar-refractivity contribution in [3.05, 3.63) is 52.2 Å². The van der Waals surface area contributed by atoms with Crippen molar-refractivity contribution in [3.8, 4) is 5.75 Å². The minimum Gasteiger partial charge on any atom is -0.490 e. The molecule has 1 N–H and O–H groups in total. The second-order valence-electron chi connectivity index (χ2n) is 7.24. The molecule has 0 radical (unpaired) electrons. The Bertz CT molecular complexity index is 759. The summed E-state index contributed by atoms with van der Waals surface area (Å²) in [7, 11) is 0. The summed E-state index contributed by atoms with van der Waals surface area (Å²) in [6.45, 7) is 10.7. The third-order valence-corrected chi connectivity index (χ3v) is 5.39. The van der Waals surface area contributed by atoms with Crippen molar-refractivity contribution in [3.63, 3.8) is 0 Å². The lowest BCUT2D eigenvalue weighted by molar-refractivity contribution is 0.0658. The molecule has 3 rings (SSSR count). The van der Waals surface area contributed by atoms with E-state index in [2.05, 4.69) is 40.8 Å². The number of aliphatic hydroxyl groups is 1. The first-order valence-electron chi connectivity index (χ1n) is 9.40. The quantitative estimate of drug-likeness (QED) is 0.822. The molecule has 1 aromatic carbocycles. The van der Waals surface area contributed by atoms with Crippen LogP contribution >= 0.6 is 11.6 Å². The Morgan fingerprint density at radius 1 is 1.07 bits per heavy atom. The second kappa shape index (κ2) is 8.91. The molecule has 1 fully saturated rings. The lowest BCUT2D eigenvalue weighted by Crippen LogP contribution is -2.49. The first-order chi connectivity index (χ1) is 12.9. The maximum Gasteiger partial charge on any atom is 0.128 e. The topological polar surface area (TPSA) is 48.8 Å². The van der Waals surface area contributed by atoms with Gasteiger partial charge < -0.3 is 14.7 Å². The smallest absolute Gasteiger partial charge is 0.128 e. The minimum absolute atomic E-state index is 0.310. The van der Waals surface area contributed by atoms with Crippen LogP contribution in [0.25, 0.3) is 0 Å². The van der Waals surface area contributed by atoms with Crippen molar-refractivity contribution in [1.29, 1.82) is 0 Å². The van der Waals surface area contributed by atoms with Gasteiger partial charge in [0.15, 0.2) is 0 Å². The van der Waals surface area contributed by atoms with Crippen molar-refractivity contribution >= 4 is 17.4 Å². The Hall–Kier alpha value is -1.82. The number of hydrogen-bond donors (Lipinski definition) is 1. The Labute approximate surface area is 166 Å². The Morgan fingerprint density at radius 3 is 2.44 bits per heavy atom. The van der Waals surface area contributed by atoms with Gasteiger partial charge in [0, 0.05) is 38.9 Å². The molecular weight excluding hydrogens is 362 g/mol. The molecule has 1 aliphatic heterocycles. The van der Waals surface area contributed by atoms with Gasteiger partial charge in [-0.15, -0.1) is 0 Å². The summed E-state index contributed by atoms with van der Waals surface area (Å²) in [6.07, 6.45) is 1.17. The average molecular weight is 390 g/mol. The number of rotatable bonds is 6. The molecule has 1 aliphatic rings. The number of hydrogen-bond acceptors (Lipinski definition) is 5. The molecule has 1 atom stereocenters. The van der Waals surface area contributed by atoms with Crippen molar-refractivity contribution in [2.45, 2.75) is 26.9 Å². The lowest BCUT2D eigenvalue weighted by atomic mass is 10.1. The SMILES string of the molecule is Cc1ccc(C)c(OCC(O)CN2CCN(c3ccc(Cl)cn3)CC2)c1C. The zero-order valence-electron chi connectivity index (χ0n) is 16.3. The summed E-state index contributed by atoms with van der Waals surface area (Å²) in [5.74, 6) is 1.85. The van der Waals surface area contributed by atoms with Gasteiger partial charge in [-0.05, 0) is 49.6 Å². The second-order valence-corrected chi connectivity index (χ2v) is 7.68. The first kappa shape index (κ1) is 19.9. The number of piperazine rings is 1. The number of aliphatic hydroxyl groups excluding tert-OH is 1. The fourth-order valence-electron chi connectivity index (χ4n) is 3.39. The van der Waals surface area contributed by atoms with E-state index in [1.807, 2.05) is 19.1 Å². The van der Waals surface area contributed by atoms with Crippen LogP contribution in [-0.4, -0.2) is 60.4 Å². The van der Waals surface area contributed by atoms with E-state index in [4.69, 9.17) is 16.3 Å². The first-order valence-corrected chi connectivity index (χ1v) is 9.78. The largest absolute Gasteiger partial charge is 0.490 e. The van der Waals surface area contributed by atoms with Crippen LogP contribution in [0.1, 0.15) is 16.7 Å². The molecule has 0 aliphatic carbocycles. The van der Waals surface area contributed by atoms with E-state index in [0.29, 0.717) is 18.2 Å². The third kappa shape index (κ3) is 5.12. The Kier molecular flexibility index (Phi) is 6.58. The molecule has 1 unspecified atom stereocenters. The van der Waals surface area contributed by atoms with Crippen molar-refractivity contribution < 1.29 is 9.84 Å². The van der Waals surface area contributed by atoms with E-state index in [1.165, 1.54) is 5.56 Å². The van der Waals surface area contributed by atoms with Crippen LogP contribution in [0.5, 0.6) is 5.75 Å². The standard InChI is InChI=1S/C21H28ClN3O2/c1-15-4-5-16(2)21(17(15)3)27-14-19(26)13-24-8-10-25(11-9-24)20-7-6-18(22)12-23-20/h4-7,12,19,26H,8-11,13-14H2,1-3H3. The van der Waals surface area contributed by atoms with E-state index >= 15 is 0 Å². The van der Waals surface area contributed by atoms with Crippen LogP contribution in [0.2, 0.25) is 5.02 Å². The number of pyridine rings is 1. The van der Waals surface area contributed by atoms with Gasteiger partial charge in [-0.1, -0.05) is 23.7 Å². The summed E-state index contributed by atoms with van der Waals surface area (Å²) in [5.41, 5.74) is 3.46. The van der Waals surface area contributed by atoms with Gasteiger partial charge in [-0.2, -0.15) is 0 Å². The summed E-state index contributed by atoms with van der Waals surface area (Å²) in [4.78, 5) is 8.90. The van der Waals surface area contributed by atoms with E-state index in [1.54, 1.807) is 6.20 Å². The fraction of sp³-hybridized carbons (Fsp3) is 0.476. The van der Waals surface area contributed by atoms with Crippen LogP contribution in [0.15, 0.2) is 30.5 Å². The number of anilines is 1. The molecular formula is C21H28ClN3O2. The third-order valence-electron chi connectivity index (χ3n) is 5.17. The van der Waals surface area contributed by atoms with Crippen molar-refractivity contribution in [1.82, 2.24) is 9.88 Å². The Balaban J connectivity index is 1.46. The van der Waals surface area contributed by atoms with Crippen LogP contribution in [0.3, 0.4) is 0 Å². The van der Waals surface area contributed by atoms with Crippen molar-refractivity contribution in [2.75, 3.05) is 44.2 Å². The maximum absolute atomic E-state index is 10.4. The predicted octanol–water partition coefficient (Wildman–Crippen LogP) is 3.22. The zero-order valence-corrected chi connectivity index (χ0v) is 17.0. The summed E-state index contributed by atoms with van der Waals surface area (Å²) in [5, 5.41) is 11.1. The number of halogens is 1. The van der Waals surface area contributed by atoms with Crippen LogP contribution < -0.4 is 9.64 Å². The molecule has 0 spiro atoms. The van der Waals surface area contributed by atoms with Gasteiger partial charge in [0.05, 0.1) is 5.02 Å². The van der Waals surface area contributed by atoms with Crippen molar-refractivity contribution in [2.24, 2.45) is 0 Å². The van der Waals surface area contributed by atoms with Crippen LogP contribution in [0, 0.1) is 20.8 Å². The summed E-state index contributed by atoms with van der Waals surface area (Å²) < 4.78 is 5.94. The van der Waals surface area contributed by atoms with Gasteiger partial charge in [0.2, 0.25) is 0 Å². The van der Waals surface area contributed by atoms with Gasteiger partial charge in [0.1, 0.15) is 24.3 Å². The molecule has 0 amide bonds. The highest BCUT2D eigenvalue weighted by Crippen LogP contribution is 2.26. The predicted molar refractivity (Wildman–Crippen MR) is 110 cm³/mol. The highest BCUT2D eigenvalue weighted by molar-refractivity contribution is 6.30. The zero-order chi connectivity index (χ0) is 19.4. The monoisotopic (exact) mass is 389 g/mol.